The van der Waals surface area contributed by atoms with E-state index in [1.54, 1.807) is 13.2 Å². The summed E-state index contributed by atoms with van der Waals surface area (Å²) in [6.45, 7) is 1.80. The fourth-order valence-corrected chi connectivity index (χ4v) is 2.12. The second kappa shape index (κ2) is 6.39. The maximum Gasteiger partial charge on any atom is 0.255 e. The average Bonchev–Trinajstić information content (AvgIpc) is 2.30. The number of hydrogen-bond acceptors (Lipinski definition) is 4. The van der Waals surface area contributed by atoms with Gasteiger partial charge in [-0.05, 0) is 25.5 Å². The van der Waals surface area contributed by atoms with Gasteiger partial charge in [0.15, 0.2) is 11.5 Å². The first-order chi connectivity index (χ1) is 8.41. The molecule has 0 spiro atoms. The first-order valence-corrected chi connectivity index (χ1v) is 7.26. The van der Waals surface area contributed by atoms with Gasteiger partial charge in [-0.3, -0.25) is 9.00 Å². The zero-order valence-corrected chi connectivity index (χ0v) is 11.2. The smallest absolute Gasteiger partial charge is 0.255 e. The first-order valence-electron chi connectivity index (χ1n) is 5.53. The molecule has 0 aromatic heterocycles. The molecule has 2 unspecified atom stereocenters. The second-order valence-electron chi connectivity index (χ2n) is 4.11. The molecule has 18 heavy (non-hydrogen) atoms. The molecular formula is C12H17NO4S. The molecule has 1 amide bonds. The summed E-state index contributed by atoms with van der Waals surface area (Å²) in [5, 5.41) is 21.5. The first kappa shape index (κ1) is 14.5. The zero-order valence-electron chi connectivity index (χ0n) is 10.3. The van der Waals surface area contributed by atoms with Gasteiger partial charge in [0.1, 0.15) is 0 Å². The van der Waals surface area contributed by atoms with E-state index in [2.05, 4.69) is 5.32 Å². The fourth-order valence-electron chi connectivity index (χ4n) is 1.43. The van der Waals surface area contributed by atoms with Gasteiger partial charge < -0.3 is 15.5 Å². The zero-order chi connectivity index (χ0) is 13.7. The maximum atomic E-state index is 11.8. The Morgan fingerprint density at radius 2 is 2.11 bits per heavy atom. The number of rotatable bonds is 5. The Bertz CT molecular complexity index is 461. The van der Waals surface area contributed by atoms with Crippen LogP contribution in [0.2, 0.25) is 0 Å². The Morgan fingerprint density at radius 3 is 2.72 bits per heavy atom. The molecule has 0 aliphatic heterocycles. The van der Waals surface area contributed by atoms with Gasteiger partial charge in [-0.25, -0.2) is 0 Å². The molecule has 0 fully saturated rings. The summed E-state index contributed by atoms with van der Waals surface area (Å²) < 4.78 is 10.9. The Kier molecular flexibility index (Phi) is 5.15. The van der Waals surface area contributed by atoms with Crippen molar-refractivity contribution < 1.29 is 19.2 Å². The van der Waals surface area contributed by atoms with Crippen LogP contribution in [0.4, 0.5) is 0 Å². The van der Waals surface area contributed by atoms with Crippen molar-refractivity contribution in [2.24, 2.45) is 0 Å². The summed E-state index contributed by atoms with van der Waals surface area (Å²) >= 11 is 0. The minimum absolute atomic E-state index is 0.0273. The van der Waals surface area contributed by atoms with Crippen molar-refractivity contribution in [3.8, 4) is 11.5 Å². The number of carbonyl (C=O) groups excluding carboxylic acids is 1. The standard InChI is InChI=1S/C12H17NO4S/c1-8(6-7-18(2)17)13-12(16)9-4-3-5-10(14)11(9)15/h3-5,8,14-15H,6-7H2,1-2H3,(H,13,16). The SMILES string of the molecule is CC(CCS(C)=O)NC(=O)c1cccc(O)c1O. The van der Waals surface area contributed by atoms with Crippen LogP contribution in [0.1, 0.15) is 23.7 Å². The Hall–Kier alpha value is -1.56. The van der Waals surface area contributed by atoms with Crippen molar-refractivity contribution in [3.05, 3.63) is 23.8 Å². The number of nitrogens with one attached hydrogen (secondary N) is 1. The molecule has 1 aromatic rings. The minimum atomic E-state index is -0.894. The Balaban J connectivity index is 2.65. The highest BCUT2D eigenvalue weighted by Crippen LogP contribution is 2.27. The number of hydrogen-bond donors (Lipinski definition) is 3. The Morgan fingerprint density at radius 1 is 1.44 bits per heavy atom. The van der Waals surface area contributed by atoms with Gasteiger partial charge in [0.25, 0.3) is 5.91 Å². The van der Waals surface area contributed by atoms with Crippen molar-refractivity contribution in [3.63, 3.8) is 0 Å². The summed E-state index contributed by atoms with van der Waals surface area (Å²) in [5.41, 5.74) is 0.0273. The van der Waals surface area contributed by atoms with E-state index in [0.717, 1.165) is 0 Å². The van der Waals surface area contributed by atoms with E-state index >= 15 is 0 Å². The molecule has 5 nitrogen and oxygen atoms in total. The van der Waals surface area contributed by atoms with Crippen LogP contribution in [-0.4, -0.2) is 38.4 Å². The summed E-state index contributed by atoms with van der Waals surface area (Å²) in [4.78, 5) is 11.8. The molecule has 100 valence electrons. The number of phenolic OH excluding ortho intramolecular Hbond substituents is 2. The average molecular weight is 271 g/mol. The summed E-state index contributed by atoms with van der Waals surface area (Å²) in [5.74, 6) is -0.711. The van der Waals surface area contributed by atoms with Crippen molar-refractivity contribution in [2.75, 3.05) is 12.0 Å². The van der Waals surface area contributed by atoms with Crippen LogP contribution < -0.4 is 5.32 Å². The van der Waals surface area contributed by atoms with E-state index in [1.807, 2.05) is 0 Å². The van der Waals surface area contributed by atoms with Crippen LogP contribution in [-0.2, 0) is 10.8 Å². The lowest BCUT2D eigenvalue weighted by Crippen LogP contribution is -2.33. The molecule has 2 atom stereocenters. The number of carbonyl (C=O) groups is 1. The molecule has 0 aliphatic rings. The van der Waals surface area contributed by atoms with Crippen molar-refractivity contribution >= 4 is 16.7 Å². The third-order valence-corrected chi connectivity index (χ3v) is 3.29. The number of benzene rings is 1. The van der Waals surface area contributed by atoms with E-state index in [1.165, 1.54) is 18.2 Å². The number of para-hydroxylation sites is 1. The molecule has 1 aromatic carbocycles. The van der Waals surface area contributed by atoms with Gasteiger partial charge in [-0.15, -0.1) is 0 Å². The van der Waals surface area contributed by atoms with Gasteiger partial charge in [0.2, 0.25) is 0 Å². The van der Waals surface area contributed by atoms with Gasteiger partial charge in [-0.2, -0.15) is 0 Å². The minimum Gasteiger partial charge on any atom is -0.504 e. The lowest BCUT2D eigenvalue weighted by molar-refractivity contribution is 0.0936. The van der Waals surface area contributed by atoms with Crippen LogP contribution >= 0.6 is 0 Å². The summed E-state index contributed by atoms with van der Waals surface area (Å²) in [6.07, 6.45) is 2.20. The van der Waals surface area contributed by atoms with Crippen LogP contribution in [0.5, 0.6) is 11.5 Å². The molecule has 0 heterocycles. The number of aromatic hydroxyl groups is 2. The van der Waals surface area contributed by atoms with E-state index < -0.39 is 22.5 Å². The van der Waals surface area contributed by atoms with Crippen molar-refractivity contribution in [2.45, 2.75) is 19.4 Å². The molecule has 6 heteroatoms. The molecule has 0 bridgehead atoms. The number of amides is 1. The van der Waals surface area contributed by atoms with E-state index in [-0.39, 0.29) is 17.4 Å². The third-order valence-electron chi connectivity index (χ3n) is 2.48. The van der Waals surface area contributed by atoms with Gasteiger partial charge in [0.05, 0.1) is 5.56 Å². The van der Waals surface area contributed by atoms with E-state index in [4.69, 9.17) is 0 Å². The monoisotopic (exact) mass is 271 g/mol. The Labute approximate surface area is 108 Å². The largest absolute Gasteiger partial charge is 0.504 e. The van der Waals surface area contributed by atoms with Gasteiger partial charge in [-0.1, -0.05) is 6.07 Å². The quantitative estimate of drug-likeness (QED) is 0.697. The van der Waals surface area contributed by atoms with Crippen LogP contribution in [0.15, 0.2) is 18.2 Å². The molecule has 1 rings (SSSR count). The predicted octanol–water partition coefficient (Wildman–Crippen LogP) is 0.985. The fraction of sp³-hybridized carbons (Fsp3) is 0.417. The third kappa shape index (κ3) is 4.03. The highest BCUT2D eigenvalue weighted by atomic mass is 32.2. The molecule has 0 saturated heterocycles. The van der Waals surface area contributed by atoms with Crippen molar-refractivity contribution in [1.29, 1.82) is 0 Å². The predicted molar refractivity (Wildman–Crippen MR) is 70.3 cm³/mol. The van der Waals surface area contributed by atoms with Gasteiger partial charge in [0, 0.05) is 28.9 Å². The van der Waals surface area contributed by atoms with E-state index in [0.29, 0.717) is 12.2 Å². The highest BCUT2D eigenvalue weighted by Gasteiger charge is 2.15. The van der Waals surface area contributed by atoms with Crippen LogP contribution in [0, 0.1) is 0 Å². The highest BCUT2D eigenvalue weighted by molar-refractivity contribution is 7.84. The topological polar surface area (TPSA) is 86.6 Å². The maximum absolute atomic E-state index is 11.8. The summed E-state index contributed by atoms with van der Waals surface area (Å²) in [6, 6.07) is 4.06. The molecule has 0 saturated carbocycles. The van der Waals surface area contributed by atoms with Crippen LogP contribution in [0.3, 0.4) is 0 Å². The number of phenols is 2. The molecular weight excluding hydrogens is 254 g/mol. The summed E-state index contributed by atoms with van der Waals surface area (Å²) in [7, 11) is -0.894. The lowest BCUT2D eigenvalue weighted by atomic mass is 10.1. The molecule has 0 aliphatic carbocycles. The molecule has 0 radical (unpaired) electrons. The van der Waals surface area contributed by atoms with Crippen LogP contribution in [0.25, 0.3) is 0 Å². The normalized spacial score (nSPS) is 13.9. The van der Waals surface area contributed by atoms with E-state index in [9.17, 15) is 19.2 Å². The second-order valence-corrected chi connectivity index (χ2v) is 5.67. The lowest BCUT2D eigenvalue weighted by Gasteiger charge is -2.14. The molecule has 3 N–H and O–H groups in total. The van der Waals surface area contributed by atoms with Gasteiger partial charge >= 0.3 is 0 Å². The van der Waals surface area contributed by atoms with Crippen molar-refractivity contribution in [1.82, 2.24) is 5.32 Å².